The van der Waals surface area contributed by atoms with Crippen LogP contribution in [0.25, 0.3) is 0 Å². The summed E-state index contributed by atoms with van der Waals surface area (Å²) in [7, 11) is 0. The Labute approximate surface area is 121 Å². The lowest BCUT2D eigenvalue weighted by molar-refractivity contribution is -0.113. The molecule has 0 aliphatic carbocycles. The lowest BCUT2D eigenvalue weighted by Gasteiger charge is -2.05. The van der Waals surface area contributed by atoms with E-state index in [1.807, 2.05) is 18.2 Å². The summed E-state index contributed by atoms with van der Waals surface area (Å²) in [5.41, 5.74) is 1.64. The summed E-state index contributed by atoms with van der Waals surface area (Å²) in [6.45, 7) is 0. The van der Waals surface area contributed by atoms with Crippen molar-refractivity contribution in [1.29, 1.82) is 0 Å². The first-order valence-electron chi connectivity index (χ1n) is 6.27. The summed E-state index contributed by atoms with van der Waals surface area (Å²) in [5, 5.41) is 2.73. The second-order valence-corrected chi connectivity index (χ2v) is 5.28. The predicted octanol–water partition coefficient (Wildman–Crippen LogP) is 3.14. The highest BCUT2D eigenvalue weighted by molar-refractivity contribution is 7.99. The Balaban J connectivity index is 1.66. The number of benzene rings is 1. The number of carbonyl (C=O) groups excluding carboxylic acids is 1. The minimum atomic E-state index is -0.312. The Kier molecular flexibility index (Phi) is 5.55. The zero-order valence-corrected chi connectivity index (χ0v) is 11.7. The monoisotopic (exact) mass is 290 g/mol. The van der Waals surface area contributed by atoms with Crippen LogP contribution in [0.5, 0.6) is 0 Å². The number of thioether (sulfide) groups is 1. The predicted molar refractivity (Wildman–Crippen MR) is 80.3 cm³/mol. The number of hydrogen-bond acceptors (Lipinski definition) is 3. The van der Waals surface area contributed by atoms with E-state index in [4.69, 9.17) is 0 Å². The largest absolute Gasteiger partial charge is 0.325 e. The summed E-state index contributed by atoms with van der Waals surface area (Å²) in [5.74, 6) is 0.827. The van der Waals surface area contributed by atoms with E-state index in [2.05, 4.69) is 10.3 Å². The molecule has 1 aromatic carbocycles. The molecule has 0 unspecified atom stereocenters. The van der Waals surface area contributed by atoms with Gasteiger partial charge in [0.15, 0.2) is 0 Å². The van der Waals surface area contributed by atoms with E-state index >= 15 is 0 Å². The van der Waals surface area contributed by atoms with Gasteiger partial charge < -0.3 is 5.32 Å². The van der Waals surface area contributed by atoms with Crippen molar-refractivity contribution in [2.45, 2.75) is 6.42 Å². The fourth-order valence-corrected chi connectivity index (χ4v) is 2.37. The van der Waals surface area contributed by atoms with E-state index in [0.29, 0.717) is 11.4 Å². The third kappa shape index (κ3) is 5.01. The number of amides is 1. The van der Waals surface area contributed by atoms with E-state index < -0.39 is 0 Å². The van der Waals surface area contributed by atoms with Gasteiger partial charge in [-0.15, -0.1) is 0 Å². The quantitative estimate of drug-likeness (QED) is 0.831. The average Bonchev–Trinajstić information content (AvgIpc) is 2.47. The molecule has 3 nitrogen and oxygen atoms in total. The second-order valence-electron chi connectivity index (χ2n) is 4.18. The number of halogens is 1. The van der Waals surface area contributed by atoms with Gasteiger partial charge in [0.25, 0.3) is 0 Å². The van der Waals surface area contributed by atoms with Gasteiger partial charge >= 0.3 is 0 Å². The standard InChI is InChI=1S/C15H15FN2OS/c16-12-4-6-14(7-5-12)18-15(19)11-20-10-8-13-3-1-2-9-17-13/h1-7,9H,8,10-11H2,(H,18,19). The maximum atomic E-state index is 12.7. The minimum absolute atomic E-state index is 0.0809. The third-order valence-corrected chi connectivity index (χ3v) is 3.55. The van der Waals surface area contributed by atoms with Gasteiger partial charge in [-0.25, -0.2) is 4.39 Å². The molecule has 104 valence electrons. The molecule has 0 saturated heterocycles. The van der Waals surface area contributed by atoms with Crippen LogP contribution < -0.4 is 5.32 Å². The van der Waals surface area contributed by atoms with Crippen molar-refractivity contribution in [1.82, 2.24) is 4.98 Å². The highest BCUT2D eigenvalue weighted by atomic mass is 32.2. The zero-order chi connectivity index (χ0) is 14.2. The van der Waals surface area contributed by atoms with Crippen LogP contribution in [0.2, 0.25) is 0 Å². The number of aromatic nitrogens is 1. The maximum absolute atomic E-state index is 12.7. The van der Waals surface area contributed by atoms with Crippen LogP contribution in [0.3, 0.4) is 0 Å². The minimum Gasteiger partial charge on any atom is -0.325 e. The summed E-state index contributed by atoms with van der Waals surface area (Å²) >= 11 is 1.55. The summed E-state index contributed by atoms with van der Waals surface area (Å²) in [6, 6.07) is 11.5. The number of rotatable bonds is 6. The van der Waals surface area contributed by atoms with Crippen LogP contribution in [-0.4, -0.2) is 22.4 Å². The first-order chi connectivity index (χ1) is 9.74. The number of nitrogens with zero attached hydrogens (tertiary/aromatic N) is 1. The maximum Gasteiger partial charge on any atom is 0.234 e. The third-order valence-electron chi connectivity index (χ3n) is 2.59. The van der Waals surface area contributed by atoms with Gasteiger partial charge in [-0.3, -0.25) is 9.78 Å². The number of carbonyl (C=O) groups is 1. The van der Waals surface area contributed by atoms with Crippen LogP contribution in [0.4, 0.5) is 10.1 Å². The molecule has 0 aliphatic heterocycles. The van der Waals surface area contributed by atoms with Gasteiger partial charge in [-0.1, -0.05) is 6.07 Å². The van der Waals surface area contributed by atoms with Crippen LogP contribution in [0, 0.1) is 5.82 Å². The molecule has 0 saturated carbocycles. The topological polar surface area (TPSA) is 42.0 Å². The number of hydrogen-bond donors (Lipinski definition) is 1. The van der Waals surface area contributed by atoms with Gasteiger partial charge in [-0.2, -0.15) is 11.8 Å². The zero-order valence-electron chi connectivity index (χ0n) is 10.9. The van der Waals surface area contributed by atoms with Crippen LogP contribution in [0.1, 0.15) is 5.69 Å². The van der Waals surface area contributed by atoms with E-state index in [0.717, 1.165) is 17.9 Å². The SMILES string of the molecule is O=C(CSCCc1ccccn1)Nc1ccc(F)cc1. The van der Waals surface area contributed by atoms with Crippen molar-refractivity contribution in [3.05, 3.63) is 60.2 Å². The summed E-state index contributed by atoms with van der Waals surface area (Å²) < 4.78 is 12.7. The molecule has 0 fully saturated rings. The molecule has 0 atom stereocenters. The van der Waals surface area contributed by atoms with Gasteiger partial charge in [0.2, 0.25) is 5.91 Å². The van der Waals surface area contributed by atoms with Gasteiger partial charge in [0.05, 0.1) is 5.75 Å². The van der Waals surface area contributed by atoms with E-state index in [1.54, 1.807) is 30.1 Å². The molecule has 0 radical (unpaired) electrons. The molecule has 1 heterocycles. The Morgan fingerprint density at radius 2 is 2.00 bits per heavy atom. The molecule has 2 aromatic rings. The molecule has 1 N–H and O–H groups in total. The normalized spacial score (nSPS) is 10.2. The number of aryl methyl sites for hydroxylation is 1. The van der Waals surface area contributed by atoms with Crippen molar-refractivity contribution < 1.29 is 9.18 Å². The van der Waals surface area contributed by atoms with Crippen molar-refractivity contribution in [3.8, 4) is 0 Å². The Bertz CT molecular complexity index is 546. The first-order valence-corrected chi connectivity index (χ1v) is 7.42. The Morgan fingerprint density at radius 3 is 2.70 bits per heavy atom. The molecule has 20 heavy (non-hydrogen) atoms. The molecule has 5 heteroatoms. The molecular formula is C15H15FN2OS. The highest BCUT2D eigenvalue weighted by Crippen LogP contribution is 2.10. The van der Waals surface area contributed by atoms with Crippen LogP contribution in [0.15, 0.2) is 48.7 Å². The molecule has 0 aliphatic rings. The van der Waals surface area contributed by atoms with Crippen LogP contribution >= 0.6 is 11.8 Å². The first kappa shape index (κ1) is 14.5. The summed E-state index contributed by atoms with van der Waals surface area (Å²) in [4.78, 5) is 15.9. The molecule has 0 spiro atoms. The van der Waals surface area contributed by atoms with E-state index in [-0.39, 0.29) is 11.7 Å². The van der Waals surface area contributed by atoms with Crippen molar-refractivity contribution in [2.24, 2.45) is 0 Å². The molecule has 1 amide bonds. The average molecular weight is 290 g/mol. The molecular weight excluding hydrogens is 275 g/mol. The van der Waals surface area contributed by atoms with Crippen LogP contribution in [-0.2, 0) is 11.2 Å². The van der Waals surface area contributed by atoms with Gasteiger partial charge in [0.1, 0.15) is 5.82 Å². The summed E-state index contributed by atoms with van der Waals surface area (Å²) in [6.07, 6.45) is 2.61. The lowest BCUT2D eigenvalue weighted by atomic mass is 10.3. The molecule has 1 aromatic heterocycles. The molecule has 2 rings (SSSR count). The number of nitrogens with one attached hydrogen (secondary N) is 1. The number of anilines is 1. The molecule has 0 bridgehead atoms. The highest BCUT2D eigenvalue weighted by Gasteiger charge is 2.03. The van der Waals surface area contributed by atoms with Gasteiger partial charge in [-0.05, 0) is 48.6 Å². The van der Waals surface area contributed by atoms with Crippen molar-refractivity contribution in [2.75, 3.05) is 16.8 Å². The second kappa shape index (κ2) is 7.65. The fraction of sp³-hybridized carbons (Fsp3) is 0.200. The van der Waals surface area contributed by atoms with Crippen molar-refractivity contribution >= 4 is 23.4 Å². The van der Waals surface area contributed by atoms with E-state index in [1.165, 1.54) is 12.1 Å². The number of pyridine rings is 1. The smallest absolute Gasteiger partial charge is 0.234 e. The Morgan fingerprint density at radius 1 is 1.20 bits per heavy atom. The lowest BCUT2D eigenvalue weighted by Crippen LogP contribution is -2.14. The van der Waals surface area contributed by atoms with Gasteiger partial charge in [0, 0.05) is 17.6 Å². The Hall–Kier alpha value is -1.88. The fourth-order valence-electron chi connectivity index (χ4n) is 1.62. The van der Waals surface area contributed by atoms with Crippen molar-refractivity contribution in [3.63, 3.8) is 0 Å². The van der Waals surface area contributed by atoms with E-state index in [9.17, 15) is 9.18 Å².